The Kier molecular flexibility index (Phi) is 5.60. The number of rotatable bonds is 8. The van der Waals surface area contributed by atoms with E-state index < -0.39 is 0 Å². The minimum absolute atomic E-state index is 0.161. The summed E-state index contributed by atoms with van der Waals surface area (Å²) in [5.41, 5.74) is 7.68. The molecule has 0 aliphatic carbocycles. The molecule has 0 fully saturated rings. The molecule has 2 heterocycles. The Labute approximate surface area is 131 Å². The molecule has 0 unspecified atom stereocenters. The molecule has 6 nitrogen and oxygen atoms in total. The predicted molar refractivity (Wildman–Crippen MR) is 90.8 cm³/mol. The first-order chi connectivity index (χ1) is 10.5. The van der Waals surface area contributed by atoms with E-state index in [9.17, 15) is 5.11 Å². The summed E-state index contributed by atoms with van der Waals surface area (Å²) in [5, 5.41) is 12.7. The van der Waals surface area contributed by atoms with Crippen molar-refractivity contribution in [3.8, 4) is 0 Å². The average Bonchev–Trinajstić information content (AvgIpc) is 2.81. The van der Waals surface area contributed by atoms with Crippen molar-refractivity contribution in [2.75, 3.05) is 17.7 Å². The van der Waals surface area contributed by atoms with Crippen LogP contribution in [0.3, 0.4) is 0 Å². The highest BCUT2D eigenvalue weighted by Crippen LogP contribution is 2.25. The molecule has 6 heteroatoms. The quantitative estimate of drug-likeness (QED) is 0.697. The first-order valence-electron chi connectivity index (χ1n) is 8.04. The van der Waals surface area contributed by atoms with Crippen molar-refractivity contribution in [2.24, 2.45) is 5.92 Å². The topological polar surface area (TPSA) is 89.0 Å². The lowest BCUT2D eigenvalue weighted by atomic mass is 10.1. The van der Waals surface area contributed by atoms with Crippen molar-refractivity contribution in [1.82, 2.24) is 14.5 Å². The Hall–Kier alpha value is -1.82. The van der Waals surface area contributed by atoms with Gasteiger partial charge in [0.1, 0.15) is 5.52 Å². The fourth-order valence-corrected chi connectivity index (χ4v) is 2.76. The Morgan fingerprint density at radius 1 is 1.32 bits per heavy atom. The third kappa shape index (κ3) is 3.88. The van der Waals surface area contributed by atoms with Crippen molar-refractivity contribution in [1.29, 1.82) is 0 Å². The number of hydrogen-bond acceptors (Lipinski definition) is 5. The van der Waals surface area contributed by atoms with Crippen LogP contribution in [0.5, 0.6) is 0 Å². The maximum atomic E-state index is 9.24. The van der Waals surface area contributed by atoms with Gasteiger partial charge in [-0.1, -0.05) is 27.2 Å². The van der Waals surface area contributed by atoms with E-state index in [0.29, 0.717) is 12.3 Å². The largest absolute Gasteiger partial charge is 0.396 e. The number of nitrogens with two attached hydrogens (primary N) is 1. The molecule has 0 spiro atoms. The summed E-state index contributed by atoms with van der Waals surface area (Å²) >= 11 is 0. The molecule has 0 aliphatic heterocycles. The summed E-state index contributed by atoms with van der Waals surface area (Å²) in [6, 6.07) is 2.16. The number of anilines is 2. The number of hydrogen-bond donors (Lipinski definition) is 3. The van der Waals surface area contributed by atoms with Gasteiger partial charge in [0.25, 0.3) is 0 Å². The second kappa shape index (κ2) is 7.45. The molecular formula is C16H27N5O. The lowest BCUT2D eigenvalue weighted by Gasteiger charge is -2.19. The van der Waals surface area contributed by atoms with Gasteiger partial charge in [0, 0.05) is 25.4 Å². The number of aliphatic hydroxyl groups excluding tert-OH is 1. The Bertz CT molecular complexity index is 602. The summed E-state index contributed by atoms with van der Waals surface area (Å²) in [4.78, 5) is 8.72. The molecule has 0 amide bonds. The molecule has 0 radical (unpaired) electrons. The van der Waals surface area contributed by atoms with Crippen LogP contribution in [0.1, 0.15) is 40.0 Å². The van der Waals surface area contributed by atoms with Crippen LogP contribution in [0, 0.1) is 5.92 Å². The average molecular weight is 305 g/mol. The van der Waals surface area contributed by atoms with Gasteiger partial charge in [0.15, 0.2) is 5.82 Å². The molecule has 0 saturated carbocycles. The fraction of sp³-hybridized carbons (Fsp3) is 0.625. The summed E-state index contributed by atoms with van der Waals surface area (Å²) in [6.07, 6.45) is 4.76. The molecule has 0 saturated heterocycles. The Morgan fingerprint density at radius 2 is 2.09 bits per heavy atom. The molecule has 2 rings (SSSR count). The van der Waals surface area contributed by atoms with E-state index in [2.05, 4.69) is 40.6 Å². The number of nitrogens with one attached hydrogen (secondary N) is 1. The van der Waals surface area contributed by atoms with Gasteiger partial charge in [0.05, 0.1) is 5.52 Å². The highest BCUT2D eigenvalue weighted by atomic mass is 16.3. The van der Waals surface area contributed by atoms with Crippen LogP contribution in [0.2, 0.25) is 0 Å². The second-order valence-electron chi connectivity index (χ2n) is 6.17. The van der Waals surface area contributed by atoms with Crippen LogP contribution in [0.4, 0.5) is 11.8 Å². The molecule has 2 aromatic rings. The first-order valence-corrected chi connectivity index (χ1v) is 8.04. The van der Waals surface area contributed by atoms with Gasteiger partial charge in [-0.15, -0.1) is 0 Å². The summed E-state index contributed by atoms with van der Waals surface area (Å²) in [7, 11) is 0. The van der Waals surface area contributed by atoms with Crippen molar-refractivity contribution in [3.63, 3.8) is 0 Å². The molecule has 1 atom stereocenters. The number of fused-ring (bicyclic) bond motifs is 1. The van der Waals surface area contributed by atoms with E-state index >= 15 is 0 Å². The molecule has 0 aromatic carbocycles. The van der Waals surface area contributed by atoms with Crippen molar-refractivity contribution < 1.29 is 5.11 Å². The highest BCUT2D eigenvalue weighted by Gasteiger charge is 2.15. The predicted octanol–water partition coefficient (Wildman–Crippen LogP) is 2.63. The maximum Gasteiger partial charge on any atom is 0.222 e. The van der Waals surface area contributed by atoms with Gasteiger partial charge in [-0.05, 0) is 24.8 Å². The molecule has 4 N–H and O–H groups in total. The molecule has 2 aromatic heterocycles. The van der Waals surface area contributed by atoms with Crippen molar-refractivity contribution in [2.45, 2.75) is 52.6 Å². The lowest BCUT2D eigenvalue weighted by Crippen LogP contribution is -2.22. The fourth-order valence-electron chi connectivity index (χ4n) is 2.76. The summed E-state index contributed by atoms with van der Waals surface area (Å²) in [5.74, 6) is 1.57. The zero-order valence-electron chi connectivity index (χ0n) is 13.7. The van der Waals surface area contributed by atoms with Crippen LogP contribution < -0.4 is 11.1 Å². The third-order valence-electron chi connectivity index (χ3n) is 3.65. The maximum absolute atomic E-state index is 9.24. The first kappa shape index (κ1) is 16.5. The summed E-state index contributed by atoms with van der Waals surface area (Å²) in [6.45, 7) is 7.57. The number of aliphatic hydroxyl groups is 1. The van der Waals surface area contributed by atoms with Gasteiger partial charge in [-0.25, -0.2) is 4.98 Å². The summed E-state index contributed by atoms with van der Waals surface area (Å²) < 4.78 is 2.17. The standard InChI is InChI=1S/C16H27N5O/c1-4-5-12(7-9-22)18-15-14-13(19-16(17)20-15)6-8-21(14)10-11(2)3/h6,8,11-12,22H,4-5,7,9-10H2,1-3H3,(H3,17,18,19,20)/t12-/m0/s1. The third-order valence-corrected chi connectivity index (χ3v) is 3.65. The van der Waals surface area contributed by atoms with Gasteiger partial charge in [0.2, 0.25) is 5.95 Å². The second-order valence-corrected chi connectivity index (χ2v) is 6.17. The number of aromatic nitrogens is 3. The van der Waals surface area contributed by atoms with Crippen LogP contribution >= 0.6 is 0 Å². The van der Waals surface area contributed by atoms with E-state index in [1.807, 2.05) is 12.3 Å². The Balaban J connectivity index is 2.39. The minimum atomic E-state index is 0.161. The lowest BCUT2D eigenvalue weighted by molar-refractivity contribution is 0.276. The zero-order valence-corrected chi connectivity index (χ0v) is 13.7. The molecule has 0 aliphatic rings. The van der Waals surface area contributed by atoms with E-state index in [1.54, 1.807) is 0 Å². The normalized spacial score (nSPS) is 13.0. The Morgan fingerprint density at radius 3 is 2.73 bits per heavy atom. The van der Waals surface area contributed by atoms with Gasteiger partial charge in [-0.2, -0.15) is 4.98 Å². The highest BCUT2D eigenvalue weighted by molar-refractivity contribution is 5.87. The molecule has 22 heavy (non-hydrogen) atoms. The molecular weight excluding hydrogens is 278 g/mol. The van der Waals surface area contributed by atoms with Crippen molar-refractivity contribution >= 4 is 22.8 Å². The van der Waals surface area contributed by atoms with Crippen LogP contribution in [-0.2, 0) is 6.54 Å². The number of nitrogen functional groups attached to an aromatic ring is 1. The van der Waals surface area contributed by atoms with Gasteiger partial charge >= 0.3 is 0 Å². The van der Waals surface area contributed by atoms with E-state index in [-0.39, 0.29) is 18.6 Å². The van der Waals surface area contributed by atoms with Crippen LogP contribution in [-0.4, -0.2) is 32.3 Å². The molecule has 122 valence electrons. The van der Waals surface area contributed by atoms with Gasteiger partial charge < -0.3 is 20.7 Å². The van der Waals surface area contributed by atoms with E-state index in [4.69, 9.17) is 5.73 Å². The van der Waals surface area contributed by atoms with Crippen molar-refractivity contribution in [3.05, 3.63) is 12.3 Å². The SMILES string of the molecule is CCC[C@@H](CCO)Nc1nc(N)nc2ccn(CC(C)C)c12. The van der Waals surface area contributed by atoms with Crippen LogP contribution in [0.25, 0.3) is 11.0 Å². The zero-order chi connectivity index (χ0) is 16.1. The minimum Gasteiger partial charge on any atom is -0.396 e. The smallest absolute Gasteiger partial charge is 0.222 e. The monoisotopic (exact) mass is 305 g/mol. The van der Waals surface area contributed by atoms with Gasteiger partial charge in [-0.3, -0.25) is 0 Å². The molecule has 0 bridgehead atoms. The van der Waals surface area contributed by atoms with E-state index in [1.165, 1.54) is 0 Å². The van der Waals surface area contributed by atoms with Crippen LogP contribution in [0.15, 0.2) is 12.3 Å². The number of nitrogens with zero attached hydrogens (tertiary/aromatic N) is 3. The van der Waals surface area contributed by atoms with E-state index in [0.717, 1.165) is 36.2 Å².